The van der Waals surface area contributed by atoms with Gasteiger partial charge in [0, 0.05) is 12.0 Å². The number of piperidine rings is 1. The quantitative estimate of drug-likeness (QED) is 0.685. The van der Waals surface area contributed by atoms with E-state index in [9.17, 15) is 9.59 Å². The monoisotopic (exact) mass is 256 g/mol. The fourth-order valence-electron chi connectivity index (χ4n) is 2.05. The Kier molecular flexibility index (Phi) is 4.73. The summed E-state index contributed by atoms with van der Waals surface area (Å²) in [4.78, 5) is 23.3. The van der Waals surface area contributed by atoms with Crippen molar-refractivity contribution in [3.8, 4) is 0 Å². The van der Waals surface area contributed by atoms with E-state index in [1.807, 2.05) is 13.8 Å². The summed E-state index contributed by atoms with van der Waals surface area (Å²) in [6, 6.07) is 0. The Morgan fingerprint density at radius 1 is 1.39 bits per heavy atom. The van der Waals surface area contributed by atoms with E-state index in [0.29, 0.717) is 6.42 Å². The average molecular weight is 256 g/mol. The maximum atomic E-state index is 12.2. The van der Waals surface area contributed by atoms with Crippen LogP contribution in [0.5, 0.6) is 0 Å². The third-order valence-corrected chi connectivity index (χ3v) is 4.19. The highest BCUT2D eigenvalue weighted by molar-refractivity contribution is 5.83. The van der Waals surface area contributed by atoms with Gasteiger partial charge in [-0.15, -0.1) is 0 Å². The second-order valence-corrected chi connectivity index (χ2v) is 5.71. The van der Waals surface area contributed by atoms with Gasteiger partial charge in [0.1, 0.15) is 0 Å². The van der Waals surface area contributed by atoms with Gasteiger partial charge in [0.25, 0.3) is 0 Å². The number of carboxylic acids is 1. The van der Waals surface area contributed by atoms with Gasteiger partial charge < -0.3 is 15.7 Å². The molecular formula is C13H24N2O3. The third-order valence-electron chi connectivity index (χ3n) is 4.19. The summed E-state index contributed by atoms with van der Waals surface area (Å²) in [6.07, 6.45) is 2.10. The summed E-state index contributed by atoms with van der Waals surface area (Å²) < 4.78 is 0. The van der Waals surface area contributed by atoms with E-state index in [4.69, 9.17) is 5.11 Å². The van der Waals surface area contributed by atoms with Crippen molar-refractivity contribution in [2.45, 2.75) is 40.0 Å². The van der Waals surface area contributed by atoms with Crippen LogP contribution in [0.1, 0.15) is 40.0 Å². The number of rotatable bonds is 5. The summed E-state index contributed by atoms with van der Waals surface area (Å²) in [5, 5.41) is 15.2. The standard InChI is InChI=1S/C13H24N2O3/c1-4-12(2,11(17)18)9-15-10(16)13(3)5-7-14-8-6-13/h14H,4-9H2,1-3H3,(H,15,16)(H,17,18). The molecule has 0 spiro atoms. The highest BCUT2D eigenvalue weighted by atomic mass is 16.4. The SMILES string of the molecule is CCC(C)(CNC(=O)C1(C)CCNCC1)C(=O)O. The number of amides is 1. The first-order valence-electron chi connectivity index (χ1n) is 6.56. The van der Waals surface area contributed by atoms with Crippen molar-refractivity contribution in [3.63, 3.8) is 0 Å². The average Bonchev–Trinajstić information content (AvgIpc) is 2.36. The topological polar surface area (TPSA) is 78.4 Å². The predicted octanol–water partition coefficient (Wildman–Crippen LogP) is 0.993. The smallest absolute Gasteiger partial charge is 0.311 e. The summed E-state index contributed by atoms with van der Waals surface area (Å²) >= 11 is 0. The summed E-state index contributed by atoms with van der Waals surface area (Å²) in [5.74, 6) is -0.884. The van der Waals surface area contributed by atoms with Crippen LogP contribution in [0.25, 0.3) is 0 Å². The molecule has 1 aliphatic heterocycles. The van der Waals surface area contributed by atoms with Crippen LogP contribution in [0.15, 0.2) is 0 Å². The maximum absolute atomic E-state index is 12.2. The normalized spacial score (nSPS) is 21.9. The number of carbonyl (C=O) groups is 2. The van der Waals surface area contributed by atoms with Crippen LogP contribution in [0.4, 0.5) is 0 Å². The minimum absolute atomic E-state index is 0.0232. The van der Waals surface area contributed by atoms with Gasteiger partial charge in [0.05, 0.1) is 5.41 Å². The van der Waals surface area contributed by atoms with Crippen molar-refractivity contribution in [2.75, 3.05) is 19.6 Å². The van der Waals surface area contributed by atoms with Gasteiger partial charge in [0.2, 0.25) is 5.91 Å². The Morgan fingerprint density at radius 3 is 2.39 bits per heavy atom. The first-order chi connectivity index (χ1) is 8.34. The molecular weight excluding hydrogens is 232 g/mol. The molecule has 0 aromatic carbocycles. The minimum Gasteiger partial charge on any atom is -0.481 e. The van der Waals surface area contributed by atoms with Crippen LogP contribution in [0.2, 0.25) is 0 Å². The van der Waals surface area contributed by atoms with Crippen LogP contribution < -0.4 is 10.6 Å². The van der Waals surface area contributed by atoms with Gasteiger partial charge >= 0.3 is 5.97 Å². The van der Waals surface area contributed by atoms with Crippen molar-refractivity contribution < 1.29 is 14.7 Å². The fraction of sp³-hybridized carbons (Fsp3) is 0.846. The molecule has 1 rings (SSSR count). The largest absolute Gasteiger partial charge is 0.481 e. The summed E-state index contributed by atoms with van der Waals surface area (Å²) in [5.41, 5.74) is -1.24. The lowest BCUT2D eigenvalue weighted by Crippen LogP contribution is -2.49. The Bertz CT molecular complexity index is 324. The molecule has 1 atom stereocenters. The second kappa shape index (κ2) is 5.69. The lowest BCUT2D eigenvalue weighted by atomic mass is 9.79. The zero-order chi connectivity index (χ0) is 13.8. The molecule has 1 aliphatic rings. The van der Waals surface area contributed by atoms with E-state index in [2.05, 4.69) is 10.6 Å². The van der Waals surface area contributed by atoms with Gasteiger partial charge in [-0.05, 0) is 39.3 Å². The minimum atomic E-state index is -0.876. The molecule has 0 saturated carbocycles. The molecule has 1 fully saturated rings. The third kappa shape index (κ3) is 3.22. The van der Waals surface area contributed by atoms with Crippen LogP contribution >= 0.6 is 0 Å². The van der Waals surface area contributed by atoms with Crippen LogP contribution in [-0.2, 0) is 9.59 Å². The number of aliphatic carboxylic acids is 1. The van der Waals surface area contributed by atoms with Crippen molar-refractivity contribution in [3.05, 3.63) is 0 Å². The number of hydrogen-bond acceptors (Lipinski definition) is 3. The molecule has 1 saturated heterocycles. The lowest BCUT2D eigenvalue weighted by Gasteiger charge is -2.34. The van der Waals surface area contributed by atoms with E-state index < -0.39 is 11.4 Å². The molecule has 0 aromatic rings. The van der Waals surface area contributed by atoms with Gasteiger partial charge in [-0.25, -0.2) is 0 Å². The first-order valence-corrected chi connectivity index (χ1v) is 6.56. The second-order valence-electron chi connectivity index (χ2n) is 5.71. The number of carbonyl (C=O) groups excluding carboxylic acids is 1. The van der Waals surface area contributed by atoms with Gasteiger partial charge in [0.15, 0.2) is 0 Å². The summed E-state index contributed by atoms with van der Waals surface area (Å²) in [7, 11) is 0. The highest BCUT2D eigenvalue weighted by Crippen LogP contribution is 2.28. The van der Waals surface area contributed by atoms with E-state index in [1.54, 1.807) is 6.92 Å². The zero-order valence-electron chi connectivity index (χ0n) is 11.5. The van der Waals surface area contributed by atoms with Crippen molar-refractivity contribution in [1.29, 1.82) is 0 Å². The number of carboxylic acid groups (broad SMARTS) is 1. The predicted molar refractivity (Wildman–Crippen MR) is 69.3 cm³/mol. The van der Waals surface area contributed by atoms with Crippen LogP contribution in [0, 0.1) is 10.8 Å². The van der Waals surface area contributed by atoms with Gasteiger partial charge in [-0.3, -0.25) is 9.59 Å². The van der Waals surface area contributed by atoms with Crippen molar-refractivity contribution >= 4 is 11.9 Å². The molecule has 1 heterocycles. The molecule has 104 valence electrons. The van der Waals surface area contributed by atoms with Gasteiger partial charge in [-0.2, -0.15) is 0 Å². The molecule has 1 unspecified atom stereocenters. The van der Waals surface area contributed by atoms with Crippen LogP contribution in [0.3, 0.4) is 0 Å². The van der Waals surface area contributed by atoms with Gasteiger partial charge in [-0.1, -0.05) is 13.8 Å². The number of nitrogens with one attached hydrogen (secondary N) is 2. The molecule has 0 radical (unpaired) electrons. The van der Waals surface area contributed by atoms with E-state index in [0.717, 1.165) is 25.9 Å². The molecule has 18 heavy (non-hydrogen) atoms. The maximum Gasteiger partial charge on any atom is 0.311 e. The van der Waals surface area contributed by atoms with Crippen LogP contribution in [-0.4, -0.2) is 36.6 Å². The summed E-state index contributed by atoms with van der Waals surface area (Å²) in [6.45, 7) is 7.32. The molecule has 0 bridgehead atoms. The molecule has 1 amide bonds. The molecule has 0 aliphatic carbocycles. The van der Waals surface area contributed by atoms with E-state index in [-0.39, 0.29) is 17.9 Å². The molecule has 5 nitrogen and oxygen atoms in total. The van der Waals surface area contributed by atoms with Crippen molar-refractivity contribution in [1.82, 2.24) is 10.6 Å². The molecule has 0 aromatic heterocycles. The Hall–Kier alpha value is -1.10. The fourth-order valence-corrected chi connectivity index (χ4v) is 2.05. The number of hydrogen-bond donors (Lipinski definition) is 3. The Balaban J connectivity index is 2.57. The Labute approximate surface area is 108 Å². The van der Waals surface area contributed by atoms with Crippen molar-refractivity contribution in [2.24, 2.45) is 10.8 Å². The zero-order valence-corrected chi connectivity index (χ0v) is 11.5. The Morgan fingerprint density at radius 2 is 1.94 bits per heavy atom. The molecule has 5 heteroatoms. The highest BCUT2D eigenvalue weighted by Gasteiger charge is 2.37. The van der Waals surface area contributed by atoms with E-state index in [1.165, 1.54) is 0 Å². The lowest BCUT2D eigenvalue weighted by molar-refractivity contribution is -0.148. The van der Waals surface area contributed by atoms with E-state index >= 15 is 0 Å². The molecule has 3 N–H and O–H groups in total. The first kappa shape index (κ1) is 15.0.